The zero-order chi connectivity index (χ0) is 13.2. The average Bonchev–Trinajstić information content (AvgIpc) is 2.37. The standard InChI is InChI=1S/C5H13NO2.C4H11NO3/c1-2-5(6,3-7)4-8;5-4(1-6,2-7)3-8/h7-8H,2-4,6H2,1H3;6-8H,1-3,5H2. The second kappa shape index (κ2) is 8.82. The number of hydrogen-bond donors (Lipinski definition) is 7. The molecule has 0 heterocycles. The minimum atomic E-state index is -1.21. The van der Waals surface area contributed by atoms with Gasteiger partial charge in [-0.1, -0.05) is 6.92 Å². The van der Waals surface area contributed by atoms with Crippen LogP contribution >= 0.6 is 0 Å². The maximum Gasteiger partial charge on any atom is 0.0856 e. The third-order valence-electron chi connectivity index (χ3n) is 2.28. The summed E-state index contributed by atoms with van der Waals surface area (Å²) in [5.74, 6) is 0. The Balaban J connectivity index is 0. The fourth-order valence-electron chi connectivity index (χ4n) is 0.424. The number of hydrogen-bond acceptors (Lipinski definition) is 7. The van der Waals surface area contributed by atoms with Crippen molar-refractivity contribution in [2.24, 2.45) is 11.5 Å². The first kappa shape index (κ1) is 18.1. The van der Waals surface area contributed by atoms with E-state index in [0.29, 0.717) is 6.42 Å². The maximum absolute atomic E-state index is 8.50. The summed E-state index contributed by atoms with van der Waals surface area (Å²) in [6.45, 7) is 0.312. The van der Waals surface area contributed by atoms with Gasteiger partial charge < -0.3 is 37.0 Å². The summed E-state index contributed by atoms with van der Waals surface area (Å²) in [5, 5.41) is 42.0. The van der Waals surface area contributed by atoms with Crippen molar-refractivity contribution in [1.82, 2.24) is 0 Å². The molecule has 0 saturated carbocycles. The summed E-state index contributed by atoms with van der Waals surface area (Å²) in [6, 6.07) is 0. The smallest absolute Gasteiger partial charge is 0.0856 e. The van der Waals surface area contributed by atoms with Gasteiger partial charge in [0.05, 0.1) is 44.1 Å². The van der Waals surface area contributed by atoms with Crippen LogP contribution in [0.5, 0.6) is 0 Å². The van der Waals surface area contributed by atoms with Crippen LogP contribution in [0.25, 0.3) is 0 Å². The molecule has 0 aliphatic carbocycles. The lowest BCUT2D eigenvalue weighted by Gasteiger charge is -2.21. The van der Waals surface area contributed by atoms with Crippen molar-refractivity contribution in [2.75, 3.05) is 33.0 Å². The van der Waals surface area contributed by atoms with Crippen LogP contribution in [0.1, 0.15) is 13.3 Å². The second-order valence-corrected chi connectivity index (χ2v) is 3.87. The van der Waals surface area contributed by atoms with Crippen molar-refractivity contribution in [2.45, 2.75) is 24.4 Å². The van der Waals surface area contributed by atoms with Gasteiger partial charge in [-0.05, 0) is 6.42 Å². The molecule has 0 saturated heterocycles. The third kappa shape index (κ3) is 7.07. The fourth-order valence-corrected chi connectivity index (χ4v) is 0.424. The van der Waals surface area contributed by atoms with Gasteiger partial charge >= 0.3 is 0 Å². The Morgan fingerprint density at radius 1 is 0.688 bits per heavy atom. The van der Waals surface area contributed by atoms with Crippen LogP contribution in [-0.4, -0.2) is 69.6 Å². The summed E-state index contributed by atoms with van der Waals surface area (Å²) in [7, 11) is 0. The van der Waals surface area contributed by atoms with Gasteiger partial charge in [-0.15, -0.1) is 0 Å². The molecule has 0 unspecified atom stereocenters. The lowest BCUT2D eigenvalue weighted by molar-refractivity contribution is 0.0697. The molecule has 0 aromatic rings. The Labute approximate surface area is 95.3 Å². The monoisotopic (exact) mass is 240 g/mol. The van der Waals surface area contributed by atoms with Gasteiger partial charge in [0.2, 0.25) is 0 Å². The highest BCUT2D eigenvalue weighted by Crippen LogP contribution is 2.01. The molecule has 16 heavy (non-hydrogen) atoms. The molecule has 0 aromatic heterocycles. The van der Waals surface area contributed by atoms with Crippen molar-refractivity contribution in [3.05, 3.63) is 0 Å². The maximum atomic E-state index is 8.50. The topological polar surface area (TPSA) is 153 Å². The molecule has 0 fully saturated rings. The predicted octanol–water partition coefficient (Wildman–Crippen LogP) is -3.26. The first-order valence-electron chi connectivity index (χ1n) is 4.99. The lowest BCUT2D eigenvalue weighted by Crippen LogP contribution is -2.50. The Bertz CT molecular complexity index is 125. The highest BCUT2D eigenvalue weighted by molar-refractivity contribution is 4.80. The van der Waals surface area contributed by atoms with Gasteiger partial charge in [-0.25, -0.2) is 0 Å². The zero-order valence-corrected chi connectivity index (χ0v) is 9.63. The molecule has 0 rings (SSSR count). The molecule has 0 radical (unpaired) electrons. The van der Waals surface area contributed by atoms with Gasteiger partial charge in [0.15, 0.2) is 0 Å². The summed E-state index contributed by atoms with van der Waals surface area (Å²) in [6.07, 6.45) is 0.597. The summed E-state index contributed by atoms with van der Waals surface area (Å²) in [5.41, 5.74) is 8.57. The molecule has 100 valence electrons. The summed E-state index contributed by atoms with van der Waals surface area (Å²) >= 11 is 0. The van der Waals surface area contributed by atoms with Crippen LogP contribution in [-0.2, 0) is 0 Å². The summed E-state index contributed by atoms with van der Waals surface area (Å²) < 4.78 is 0. The van der Waals surface area contributed by atoms with E-state index in [4.69, 9.17) is 37.0 Å². The van der Waals surface area contributed by atoms with E-state index >= 15 is 0 Å². The first-order valence-corrected chi connectivity index (χ1v) is 4.99. The van der Waals surface area contributed by atoms with Crippen LogP contribution in [0.4, 0.5) is 0 Å². The molecule has 0 aliphatic rings. The van der Waals surface area contributed by atoms with Gasteiger partial charge in [0.25, 0.3) is 0 Å². The molecule has 0 bridgehead atoms. The predicted molar refractivity (Wildman–Crippen MR) is 59.6 cm³/mol. The van der Waals surface area contributed by atoms with Crippen molar-refractivity contribution < 1.29 is 25.5 Å². The van der Waals surface area contributed by atoms with Crippen LogP contribution in [0, 0.1) is 0 Å². The van der Waals surface area contributed by atoms with E-state index in [9.17, 15) is 0 Å². The summed E-state index contributed by atoms with van der Waals surface area (Å²) in [4.78, 5) is 0. The van der Waals surface area contributed by atoms with E-state index in [2.05, 4.69) is 0 Å². The number of nitrogens with two attached hydrogens (primary N) is 2. The van der Waals surface area contributed by atoms with Crippen molar-refractivity contribution >= 4 is 0 Å². The first-order chi connectivity index (χ1) is 7.36. The minimum absolute atomic E-state index is 0.153. The molecule has 0 spiro atoms. The number of aliphatic hydroxyl groups is 5. The Hall–Kier alpha value is -0.280. The van der Waals surface area contributed by atoms with E-state index in [0.717, 1.165) is 0 Å². The van der Waals surface area contributed by atoms with Gasteiger partial charge in [-0.3, -0.25) is 0 Å². The fraction of sp³-hybridized carbons (Fsp3) is 1.00. The molecule has 0 aromatic carbocycles. The Morgan fingerprint density at radius 2 is 0.938 bits per heavy atom. The molecule has 7 heteroatoms. The van der Waals surface area contributed by atoms with Crippen molar-refractivity contribution in [3.8, 4) is 0 Å². The number of aliphatic hydroxyl groups excluding tert-OH is 5. The average molecular weight is 240 g/mol. The van der Waals surface area contributed by atoms with E-state index in [-0.39, 0.29) is 13.2 Å². The van der Waals surface area contributed by atoms with Crippen LogP contribution in [0.2, 0.25) is 0 Å². The molecule has 0 amide bonds. The quantitative estimate of drug-likeness (QED) is 0.257. The molecular formula is C9H24N2O5. The SMILES string of the molecule is CCC(N)(CO)CO.NC(CO)(CO)CO. The molecule has 0 aliphatic heterocycles. The van der Waals surface area contributed by atoms with E-state index in [1.807, 2.05) is 6.92 Å². The third-order valence-corrected chi connectivity index (χ3v) is 2.28. The largest absolute Gasteiger partial charge is 0.394 e. The van der Waals surface area contributed by atoms with Crippen molar-refractivity contribution in [3.63, 3.8) is 0 Å². The second-order valence-electron chi connectivity index (χ2n) is 3.87. The minimum Gasteiger partial charge on any atom is -0.394 e. The van der Waals surface area contributed by atoms with Crippen LogP contribution < -0.4 is 11.5 Å². The number of rotatable bonds is 6. The molecule has 9 N–H and O–H groups in total. The highest BCUT2D eigenvalue weighted by Gasteiger charge is 2.20. The Morgan fingerprint density at radius 3 is 0.938 bits per heavy atom. The molecule has 7 nitrogen and oxygen atoms in total. The van der Waals surface area contributed by atoms with Gasteiger partial charge in [0.1, 0.15) is 0 Å². The lowest BCUT2D eigenvalue weighted by atomic mass is 10.0. The van der Waals surface area contributed by atoms with Gasteiger partial charge in [-0.2, -0.15) is 0 Å². The zero-order valence-electron chi connectivity index (χ0n) is 9.63. The Kier molecular flexibility index (Phi) is 9.98. The van der Waals surface area contributed by atoms with Gasteiger partial charge in [0, 0.05) is 0 Å². The van der Waals surface area contributed by atoms with E-state index in [1.54, 1.807) is 0 Å². The van der Waals surface area contributed by atoms with E-state index in [1.165, 1.54) is 0 Å². The van der Waals surface area contributed by atoms with E-state index < -0.39 is 30.9 Å². The van der Waals surface area contributed by atoms with Crippen LogP contribution in [0.3, 0.4) is 0 Å². The molecule has 0 atom stereocenters. The normalized spacial score (nSPS) is 12.0. The highest BCUT2D eigenvalue weighted by atomic mass is 16.3. The van der Waals surface area contributed by atoms with Crippen LogP contribution in [0.15, 0.2) is 0 Å². The van der Waals surface area contributed by atoms with Crippen molar-refractivity contribution in [1.29, 1.82) is 0 Å². The molecular weight excluding hydrogens is 216 g/mol.